The zero-order valence-electron chi connectivity index (χ0n) is 17.1. The van der Waals surface area contributed by atoms with E-state index in [0.717, 1.165) is 11.4 Å². The molecular formula is C22H17ClN6O3. The molecule has 32 heavy (non-hydrogen) atoms. The molecule has 0 unspecified atom stereocenters. The number of carbonyl (C=O) groups is 1. The van der Waals surface area contributed by atoms with Crippen molar-refractivity contribution in [3.63, 3.8) is 0 Å². The summed E-state index contributed by atoms with van der Waals surface area (Å²) in [5.41, 5.74) is 2.71. The van der Waals surface area contributed by atoms with Gasteiger partial charge in [0.15, 0.2) is 23.1 Å². The molecule has 0 bridgehead atoms. The lowest BCUT2D eigenvalue weighted by atomic mass is 10.2. The van der Waals surface area contributed by atoms with Gasteiger partial charge < -0.3 is 14.8 Å². The van der Waals surface area contributed by atoms with E-state index >= 15 is 0 Å². The molecule has 0 aliphatic rings. The predicted molar refractivity (Wildman–Crippen MR) is 117 cm³/mol. The first-order valence-electron chi connectivity index (χ1n) is 9.52. The standard InChI is InChI=1S/C22H17ClN6O3/c1-12-9-13(2)29(28-12)19-8-7-15(23)20(27-19)22(31)32-11-18(30)14(10-24)21-25-16-5-3-4-6-17(16)26-21/h3-9,30H,11H2,1-2H3,(H,25,26). The normalized spacial score (nSPS) is 11.8. The number of nitriles is 1. The van der Waals surface area contributed by atoms with Gasteiger partial charge >= 0.3 is 5.97 Å². The molecule has 0 aliphatic carbocycles. The highest BCUT2D eigenvalue weighted by molar-refractivity contribution is 6.33. The van der Waals surface area contributed by atoms with Crippen LogP contribution in [0.3, 0.4) is 0 Å². The number of fused-ring (bicyclic) bond motifs is 1. The first kappa shape index (κ1) is 21.1. The number of para-hydroxylation sites is 2. The zero-order chi connectivity index (χ0) is 22.8. The number of aromatic amines is 1. The van der Waals surface area contributed by atoms with E-state index in [-0.39, 0.29) is 22.1 Å². The van der Waals surface area contributed by atoms with Crippen molar-refractivity contribution in [3.8, 4) is 11.9 Å². The minimum Gasteiger partial charge on any atom is -0.507 e. The molecule has 4 rings (SSSR count). The van der Waals surface area contributed by atoms with Crippen molar-refractivity contribution in [2.24, 2.45) is 0 Å². The lowest BCUT2D eigenvalue weighted by molar-refractivity contribution is 0.0496. The third kappa shape index (κ3) is 4.04. The molecule has 0 saturated heterocycles. The lowest BCUT2D eigenvalue weighted by Gasteiger charge is -2.09. The van der Waals surface area contributed by atoms with E-state index in [2.05, 4.69) is 20.1 Å². The zero-order valence-corrected chi connectivity index (χ0v) is 17.9. The number of halogens is 1. The molecule has 3 aromatic heterocycles. The monoisotopic (exact) mass is 448 g/mol. The minimum atomic E-state index is -0.855. The van der Waals surface area contributed by atoms with Gasteiger partial charge in [-0.3, -0.25) is 0 Å². The van der Waals surface area contributed by atoms with Gasteiger partial charge in [0.1, 0.15) is 18.2 Å². The minimum absolute atomic E-state index is 0.0848. The second-order valence-corrected chi connectivity index (χ2v) is 7.36. The fourth-order valence-corrected chi connectivity index (χ4v) is 3.34. The van der Waals surface area contributed by atoms with Crippen molar-refractivity contribution in [2.75, 3.05) is 6.61 Å². The number of aliphatic hydroxyl groups is 1. The molecule has 0 fully saturated rings. The van der Waals surface area contributed by atoms with E-state index in [1.54, 1.807) is 28.9 Å². The SMILES string of the molecule is Cc1cc(C)n(-c2ccc(Cl)c(C(=O)OCC(O)=C(C#N)c3nc4ccccc4[nH]3)n2)n1. The van der Waals surface area contributed by atoms with E-state index in [4.69, 9.17) is 16.3 Å². The molecule has 10 heteroatoms. The Kier molecular flexibility index (Phi) is 5.62. The maximum absolute atomic E-state index is 12.6. The molecular weight excluding hydrogens is 432 g/mol. The van der Waals surface area contributed by atoms with E-state index < -0.39 is 18.3 Å². The van der Waals surface area contributed by atoms with Crippen LogP contribution in [0.5, 0.6) is 0 Å². The van der Waals surface area contributed by atoms with Crippen LogP contribution in [0.4, 0.5) is 0 Å². The molecule has 9 nitrogen and oxygen atoms in total. The van der Waals surface area contributed by atoms with E-state index in [9.17, 15) is 15.2 Å². The van der Waals surface area contributed by atoms with Gasteiger partial charge in [-0.05, 0) is 44.2 Å². The van der Waals surface area contributed by atoms with Gasteiger partial charge in [-0.2, -0.15) is 10.4 Å². The molecule has 0 atom stereocenters. The summed E-state index contributed by atoms with van der Waals surface area (Å²) in [6.45, 7) is 3.15. The van der Waals surface area contributed by atoms with Gasteiger partial charge in [0.25, 0.3) is 0 Å². The number of benzene rings is 1. The number of H-pyrrole nitrogens is 1. The second kappa shape index (κ2) is 8.53. The van der Waals surface area contributed by atoms with Gasteiger partial charge in [0.2, 0.25) is 0 Å². The highest BCUT2D eigenvalue weighted by atomic mass is 35.5. The highest BCUT2D eigenvalue weighted by Gasteiger charge is 2.19. The number of esters is 1. The summed E-state index contributed by atoms with van der Waals surface area (Å²) < 4.78 is 6.74. The third-order valence-electron chi connectivity index (χ3n) is 4.62. The maximum Gasteiger partial charge on any atom is 0.359 e. The quantitative estimate of drug-likeness (QED) is 0.267. The van der Waals surface area contributed by atoms with Crippen LogP contribution in [-0.4, -0.2) is 42.4 Å². The number of nitrogens with zero attached hydrogens (tertiary/aromatic N) is 5. The topological polar surface area (TPSA) is 130 Å². The van der Waals surface area contributed by atoms with Crippen LogP contribution in [0, 0.1) is 25.2 Å². The van der Waals surface area contributed by atoms with E-state index in [1.165, 1.54) is 6.07 Å². The van der Waals surface area contributed by atoms with E-state index in [0.29, 0.717) is 16.9 Å². The molecule has 4 aromatic rings. The van der Waals surface area contributed by atoms with Crippen molar-refractivity contribution < 1.29 is 14.6 Å². The smallest absolute Gasteiger partial charge is 0.359 e. The Morgan fingerprint density at radius 3 is 2.72 bits per heavy atom. The molecule has 160 valence electrons. The molecule has 1 aromatic carbocycles. The number of ether oxygens (including phenoxy) is 1. The predicted octanol–water partition coefficient (Wildman–Crippen LogP) is 4.06. The first-order chi connectivity index (χ1) is 15.4. The van der Waals surface area contributed by atoms with Crippen LogP contribution >= 0.6 is 11.6 Å². The Bertz CT molecular complexity index is 1380. The molecule has 0 saturated carbocycles. The molecule has 0 spiro atoms. The van der Waals surface area contributed by atoms with Crippen molar-refractivity contribution >= 4 is 34.2 Å². The first-order valence-corrected chi connectivity index (χ1v) is 9.90. The number of nitrogens with one attached hydrogen (secondary N) is 1. The number of hydrogen-bond acceptors (Lipinski definition) is 7. The summed E-state index contributed by atoms with van der Waals surface area (Å²) >= 11 is 6.13. The summed E-state index contributed by atoms with van der Waals surface area (Å²) in [4.78, 5) is 24.1. The molecule has 0 amide bonds. The maximum atomic E-state index is 12.6. The van der Waals surface area contributed by atoms with Crippen LogP contribution in [0.2, 0.25) is 5.02 Å². The number of imidazole rings is 1. The number of hydrogen-bond donors (Lipinski definition) is 2. The number of rotatable bonds is 5. The van der Waals surface area contributed by atoms with Crippen LogP contribution < -0.4 is 0 Å². The Morgan fingerprint density at radius 2 is 2.03 bits per heavy atom. The molecule has 0 radical (unpaired) electrons. The Balaban J connectivity index is 1.57. The summed E-state index contributed by atoms with van der Waals surface area (Å²) in [6, 6.07) is 14.1. The summed E-state index contributed by atoms with van der Waals surface area (Å²) in [5, 5.41) is 24.3. The summed E-state index contributed by atoms with van der Waals surface area (Å²) in [6.07, 6.45) is 0. The van der Waals surface area contributed by atoms with Crippen molar-refractivity contribution in [3.05, 3.63) is 76.2 Å². The number of pyridine rings is 1. The van der Waals surface area contributed by atoms with E-state index in [1.807, 2.05) is 32.0 Å². The number of allylic oxidation sites excluding steroid dienone is 1. The van der Waals surface area contributed by atoms with Gasteiger partial charge in [-0.1, -0.05) is 23.7 Å². The second-order valence-electron chi connectivity index (χ2n) is 6.95. The molecule has 0 aliphatic heterocycles. The largest absolute Gasteiger partial charge is 0.507 e. The van der Waals surface area contributed by atoms with Crippen LogP contribution in [0.25, 0.3) is 22.4 Å². The average molecular weight is 449 g/mol. The lowest BCUT2D eigenvalue weighted by Crippen LogP contribution is -2.13. The Hall–Kier alpha value is -4.16. The van der Waals surface area contributed by atoms with Gasteiger partial charge in [0.05, 0.1) is 21.7 Å². The number of aliphatic hydroxyl groups excluding tert-OH is 1. The van der Waals surface area contributed by atoms with Crippen LogP contribution in [0.15, 0.2) is 48.2 Å². The van der Waals surface area contributed by atoms with Crippen LogP contribution in [-0.2, 0) is 4.74 Å². The number of aryl methyl sites for hydroxylation is 2. The van der Waals surface area contributed by atoms with Crippen molar-refractivity contribution in [1.82, 2.24) is 24.7 Å². The summed E-state index contributed by atoms with van der Waals surface area (Å²) in [5.74, 6) is -0.741. The number of aromatic nitrogens is 5. The van der Waals surface area contributed by atoms with Gasteiger partial charge in [-0.25, -0.2) is 19.4 Å². The third-order valence-corrected chi connectivity index (χ3v) is 4.92. The van der Waals surface area contributed by atoms with Crippen molar-refractivity contribution in [2.45, 2.75) is 13.8 Å². The van der Waals surface area contributed by atoms with Gasteiger partial charge in [0, 0.05) is 5.69 Å². The average Bonchev–Trinajstić information content (AvgIpc) is 3.35. The van der Waals surface area contributed by atoms with Crippen molar-refractivity contribution in [1.29, 1.82) is 5.26 Å². The molecule has 2 N–H and O–H groups in total. The number of carbonyl (C=O) groups excluding carboxylic acids is 1. The Labute approximate surface area is 187 Å². The van der Waals surface area contributed by atoms with Crippen LogP contribution in [0.1, 0.15) is 27.7 Å². The Morgan fingerprint density at radius 1 is 1.25 bits per heavy atom. The fraction of sp³-hybridized carbons (Fsp3) is 0.136. The fourth-order valence-electron chi connectivity index (χ4n) is 3.15. The van der Waals surface area contributed by atoms with Gasteiger partial charge in [-0.15, -0.1) is 0 Å². The molecule has 3 heterocycles. The highest BCUT2D eigenvalue weighted by Crippen LogP contribution is 2.21. The summed E-state index contributed by atoms with van der Waals surface area (Å²) in [7, 11) is 0.